The van der Waals surface area contributed by atoms with Crippen LogP contribution in [0.1, 0.15) is 25.7 Å². The number of likely N-dealkylation sites (N-methyl/N-ethyl adjacent to an activating group) is 1. The lowest BCUT2D eigenvalue weighted by Crippen LogP contribution is -2.32. The average Bonchev–Trinajstić information content (AvgIpc) is 2.79. The van der Waals surface area contributed by atoms with Crippen molar-refractivity contribution in [2.75, 3.05) is 39.8 Å². The highest BCUT2D eigenvalue weighted by molar-refractivity contribution is 5.79. The van der Waals surface area contributed by atoms with Gasteiger partial charge in [0, 0.05) is 19.5 Å². The molecule has 0 aromatic rings. The molecule has 5 heteroatoms. The van der Waals surface area contributed by atoms with Crippen LogP contribution in [0.25, 0.3) is 0 Å². The monoisotopic (exact) mass is 228 g/mol. The van der Waals surface area contributed by atoms with Crippen molar-refractivity contribution in [2.45, 2.75) is 25.7 Å². The van der Waals surface area contributed by atoms with Gasteiger partial charge in [0.25, 0.3) is 0 Å². The normalized spacial score (nSPS) is 18.5. The smallest absolute Gasteiger partial charge is 0.139 e. The van der Waals surface area contributed by atoms with Gasteiger partial charge < -0.3 is 20.7 Å². The highest BCUT2D eigenvalue weighted by Gasteiger charge is 2.11. The van der Waals surface area contributed by atoms with Crippen LogP contribution in [0.2, 0.25) is 0 Å². The number of rotatable bonds is 7. The Morgan fingerprint density at radius 3 is 2.69 bits per heavy atom. The Hall–Kier alpha value is -0.810. The van der Waals surface area contributed by atoms with Gasteiger partial charge in [-0.3, -0.25) is 0 Å². The van der Waals surface area contributed by atoms with Crippen molar-refractivity contribution < 1.29 is 5.21 Å². The van der Waals surface area contributed by atoms with Gasteiger partial charge in [-0.05, 0) is 45.9 Å². The molecule has 0 unspecified atom stereocenters. The molecule has 5 nitrogen and oxygen atoms in total. The summed E-state index contributed by atoms with van der Waals surface area (Å²) < 4.78 is 0. The predicted octanol–water partition coefficient (Wildman–Crippen LogP) is 0.541. The minimum absolute atomic E-state index is 0.327. The molecular weight excluding hydrogens is 204 g/mol. The highest BCUT2D eigenvalue weighted by atomic mass is 16.4. The van der Waals surface area contributed by atoms with Crippen molar-refractivity contribution in [3.63, 3.8) is 0 Å². The fourth-order valence-corrected chi connectivity index (χ4v) is 2.01. The van der Waals surface area contributed by atoms with Gasteiger partial charge in [-0.2, -0.15) is 0 Å². The Balaban J connectivity index is 1.99. The maximum Gasteiger partial charge on any atom is 0.139 e. The Kier molecular flexibility index (Phi) is 6.18. The molecule has 0 aromatic carbocycles. The van der Waals surface area contributed by atoms with Crippen molar-refractivity contribution in [3.05, 3.63) is 0 Å². The summed E-state index contributed by atoms with van der Waals surface area (Å²) in [6, 6.07) is 0. The van der Waals surface area contributed by atoms with Gasteiger partial charge in [0.1, 0.15) is 5.84 Å². The van der Waals surface area contributed by atoms with Crippen LogP contribution < -0.4 is 5.73 Å². The average molecular weight is 228 g/mol. The quantitative estimate of drug-likeness (QED) is 0.289. The van der Waals surface area contributed by atoms with Gasteiger partial charge in [-0.1, -0.05) is 5.16 Å². The zero-order valence-corrected chi connectivity index (χ0v) is 10.2. The summed E-state index contributed by atoms with van der Waals surface area (Å²) in [5.74, 6) is 0.327. The van der Waals surface area contributed by atoms with Crippen molar-refractivity contribution in [3.8, 4) is 0 Å². The first-order valence-electron chi connectivity index (χ1n) is 6.09. The van der Waals surface area contributed by atoms with E-state index in [0.717, 1.165) is 19.5 Å². The van der Waals surface area contributed by atoms with E-state index in [0.29, 0.717) is 12.3 Å². The number of nitrogens with two attached hydrogens (primary N) is 1. The van der Waals surface area contributed by atoms with E-state index in [1.54, 1.807) is 0 Å². The molecule has 0 saturated carbocycles. The van der Waals surface area contributed by atoms with E-state index >= 15 is 0 Å². The Morgan fingerprint density at radius 1 is 1.38 bits per heavy atom. The second-order valence-corrected chi connectivity index (χ2v) is 4.55. The van der Waals surface area contributed by atoms with Crippen LogP contribution in [0.4, 0.5) is 0 Å². The summed E-state index contributed by atoms with van der Waals surface area (Å²) in [5, 5.41) is 11.4. The standard InChI is InChI=1S/C11H24N4O/c1-14(6-4-5-11(12)13-16)9-10-15-7-2-3-8-15/h16H,2-10H2,1H3,(H2,12,13). The van der Waals surface area contributed by atoms with E-state index in [-0.39, 0.29) is 0 Å². The van der Waals surface area contributed by atoms with E-state index in [4.69, 9.17) is 10.9 Å². The zero-order valence-electron chi connectivity index (χ0n) is 10.2. The van der Waals surface area contributed by atoms with Crippen LogP contribution in [-0.4, -0.2) is 60.6 Å². The number of hydrogen-bond donors (Lipinski definition) is 2. The predicted molar refractivity (Wildman–Crippen MR) is 65.8 cm³/mol. The molecule has 16 heavy (non-hydrogen) atoms. The van der Waals surface area contributed by atoms with Crippen molar-refractivity contribution in [2.24, 2.45) is 10.9 Å². The lowest BCUT2D eigenvalue weighted by molar-refractivity contribution is 0.256. The van der Waals surface area contributed by atoms with Crippen molar-refractivity contribution in [1.29, 1.82) is 0 Å². The van der Waals surface area contributed by atoms with E-state index in [1.807, 2.05) is 0 Å². The van der Waals surface area contributed by atoms with E-state index in [9.17, 15) is 0 Å². The van der Waals surface area contributed by atoms with E-state index in [1.165, 1.54) is 32.5 Å². The number of amidine groups is 1. The molecule has 1 rings (SSSR count). The van der Waals surface area contributed by atoms with Gasteiger partial charge in [0.15, 0.2) is 0 Å². The maximum absolute atomic E-state index is 8.39. The second kappa shape index (κ2) is 7.46. The second-order valence-electron chi connectivity index (χ2n) is 4.55. The van der Waals surface area contributed by atoms with E-state index in [2.05, 4.69) is 22.0 Å². The number of oxime groups is 1. The Morgan fingerprint density at radius 2 is 2.06 bits per heavy atom. The maximum atomic E-state index is 8.39. The third-order valence-corrected chi connectivity index (χ3v) is 3.10. The van der Waals surface area contributed by atoms with Crippen LogP contribution in [0.15, 0.2) is 5.16 Å². The summed E-state index contributed by atoms with van der Waals surface area (Å²) in [7, 11) is 2.13. The molecule has 1 heterocycles. The zero-order chi connectivity index (χ0) is 11.8. The summed E-state index contributed by atoms with van der Waals surface area (Å²) in [6.45, 7) is 5.80. The molecule has 0 spiro atoms. The van der Waals surface area contributed by atoms with Crippen molar-refractivity contribution in [1.82, 2.24) is 9.80 Å². The molecule has 0 amide bonds. The van der Waals surface area contributed by atoms with Crippen LogP contribution in [0.3, 0.4) is 0 Å². The van der Waals surface area contributed by atoms with Gasteiger partial charge in [0.2, 0.25) is 0 Å². The first-order chi connectivity index (χ1) is 7.72. The lowest BCUT2D eigenvalue weighted by atomic mass is 10.3. The molecule has 1 aliphatic rings. The molecule has 0 radical (unpaired) electrons. The highest BCUT2D eigenvalue weighted by Crippen LogP contribution is 2.06. The van der Waals surface area contributed by atoms with Crippen molar-refractivity contribution >= 4 is 5.84 Å². The molecule has 0 aromatic heterocycles. The van der Waals surface area contributed by atoms with Crippen LogP contribution in [0.5, 0.6) is 0 Å². The van der Waals surface area contributed by atoms with Gasteiger partial charge in [-0.25, -0.2) is 0 Å². The Labute approximate surface area is 97.9 Å². The first kappa shape index (κ1) is 13.3. The molecular formula is C11H24N4O. The number of hydrogen-bond acceptors (Lipinski definition) is 4. The van der Waals surface area contributed by atoms with Crippen LogP contribution >= 0.6 is 0 Å². The minimum atomic E-state index is 0.327. The molecule has 1 saturated heterocycles. The van der Waals surface area contributed by atoms with Gasteiger partial charge in [0.05, 0.1) is 0 Å². The van der Waals surface area contributed by atoms with Crippen LogP contribution in [-0.2, 0) is 0 Å². The SMILES string of the molecule is CN(CCCC(N)=NO)CCN1CCCC1. The summed E-state index contributed by atoms with van der Waals surface area (Å²) in [4.78, 5) is 4.82. The largest absolute Gasteiger partial charge is 0.409 e. The van der Waals surface area contributed by atoms with Gasteiger partial charge >= 0.3 is 0 Å². The third-order valence-electron chi connectivity index (χ3n) is 3.10. The molecule has 0 atom stereocenters. The number of likely N-dealkylation sites (tertiary alicyclic amines) is 1. The molecule has 0 bridgehead atoms. The first-order valence-corrected chi connectivity index (χ1v) is 6.09. The number of nitrogens with zero attached hydrogens (tertiary/aromatic N) is 3. The van der Waals surface area contributed by atoms with Crippen LogP contribution in [0, 0.1) is 0 Å². The molecule has 0 aliphatic carbocycles. The molecule has 1 fully saturated rings. The molecule has 94 valence electrons. The summed E-state index contributed by atoms with van der Waals surface area (Å²) >= 11 is 0. The lowest BCUT2D eigenvalue weighted by Gasteiger charge is -2.21. The summed E-state index contributed by atoms with van der Waals surface area (Å²) in [6.07, 6.45) is 4.33. The summed E-state index contributed by atoms with van der Waals surface area (Å²) in [5.41, 5.74) is 5.41. The fraction of sp³-hybridized carbons (Fsp3) is 0.909. The third kappa shape index (κ3) is 5.32. The fourth-order valence-electron chi connectivity index (χ4n) is 2.01. The minimum Gasteiger partial charge on any atom is -0.409 e. The van der Waals surface area contributed by atoms with Gasteiger partial charge in [-0.15, -0.1) is 0 Å². The Bertz CT molecular complexity index is 214. The van der Waals surface area contributed by atoms with E-state index < -0.39 is 0 Å². The molecule has 3 N–H and O–H groups in total. The molecule has 1 aliphatic heterocycles. The topological polar surface area (TPSA) is 65.1 Å².